The second-order valence-electron chi connectivity index (χ2n) is 2.74. The molecule has 2 N–H and O–H groups in total. The number of rotatable bonds is 0. The van der Waals surface area contributed by atoms with Crippen LogP contribution in [0.1, 0.15) is 12.0 Å². The van der Waals surface area contributed by atoms with Gasteiger partial charge in [0.1, 0.15) is 0 Å². The van der Waals surface area contributed by atoms with Gasteiger partial charge in [-0.25, -0.2) is 0 Å². The van der Waals surface area contributed by atoms with E-state index < -0.39 is 0 Å². The molecule has 11 heavy (non-hydrogen) atoms. The van der Waals surface area contributed by atoms with Crippen molar-refractivity contribution in [3.05, 3.63) is 23.8 Å². The molecule has 0 radical (unpaired) electrons. The molecule has 0 saturated heterocycles. The fourth-order valence-corrected chi connectivity index (χ4v) is 1.31. The Kier molecular flexibility index (Phi) is 1.39. The third kappa shape index (κ3) is 1.11. The average Bonchev–Trinajstić information content (AvgIpc) is 2.04. The van der Waals surface area contributed by atoms with Crippen molar-refractivity contribution in [2.24, 2.45) is 4.99 Å². The van der Waals surface area contributed by atoms with Gasteiger partial charge in [0.05, 0.1) is 5.69 Å². The largest absolute Gasteiger partial charge is 0.399 e. The molecule has 1 aromatic carbocycles. The Morgan fingerprint density at radius 3 is 3.18 bits per heavy atom. The van der Waals surface area contributed by atoms with Crippen LogP contribution in [0, 0.1) is 0 Å². The number of fused-ring (bicyclic) bond motifs is 1. The maximum Gasteiger partial charge on any atom is 0.0659 e. The first-order chi connectivity index (χ1) is 5.36. The number of hydrogen-bond donors (Lipinski definition) is 1. The second-order valence-corrected chi connectivity index (χ2v) is 2.74. The number of benzene rings is 1. The Morgan fingerprint density at radius 2 is 2.27 bits per heavy atom. The lowest BCUT2D eigenvalue weighted by Crippen LogP contribution is -1.95. The van der Waals surface area contributed by atoms with Crippen LogP contribution < -0.4 is 5.73 Å². The zero-order valence-corrected chi connectivity index (χ0v) is 6.25. The quantitative estimate of drug-likeness (QED) is 0.558. The molecule has 0 saturated carbocycles. The Labute approximate surface area is 65.8 Å². The van der Waals surface area contributed by atoms with Gasteiger partial charge in [-0.15, -0.1) is 0 Å². The van der Waals surface area contributed by atoms with Gasteiger partial charge in [-0.2, -0.15) is 0 Å². The highest BCUT2D eigenvalue weighted by Crippen LogP contribution is 2.25. The molecule has 0 bridgehead atoms. The van der Waals surface area contributed by atoms with Crippen LogP contribution in [0.3, 0.4) is 0 Å². The molecule has 1 aliphatic rings. The number of aliphatic imine (C=N–C) groups is 1. The third-order valence-electron chi connectivity index (χ3n) is 1.88. The average molecular weight is 146 g/mol. The second kappa shape index (κ2) is 2.38. The van der Waals surface area contributed by atoms with Crippen LogP contribution in [0.25, 0.3) is 0 Å². The minimum absolute atomic E-state index is 0.834. The minimum Gasteiger partial charge on any atom is -0.399 e. The number of aryl methyl sites for hydroxylation is 1. The molecule has 1 aliphatic heterocycles. The molecule has 1 aromatic rings. The molecule has 2 heteroatoms. The summed E-state index contributed by atoms with van der Waals surface area (Å²) in [6.45, 7) is 0. The first-order valence-corrected chi connectivity index (χ1v) is 3.77. The maximum atomic E-state index is 5.63. The van der Waals surface area contributed by atoms with Crippen molar-refractivity contribution in [3.8, 4) is 0 Å². The molecular formula is C9H10N2. The number of nitrogen functional groups attached to an aromatic ring is 1. The van der Waals surface area contributed by atoms with E-state index in [4.69, 9.17) is 5.73 Å². The van der Waals surface area contributed by atoms with Crippen LogP contribution >= 0.6 is 0 Å². The van der Waals surface area contributed by atoms with Crippen LogP contribution in [0.15, 0.2) is 23.2 Å². The lowest BCUT2D eigenvalue weighted by molar-refractivity contribution is 1.03. The predicted molar refractivity (Wildman–Crippen MR) is 47.3 cm³/mol. The lowest BCUT2D eigenvalue weighted by Gasteiger charge is -2.08. The molecule has 0 fully saturated rings. The van der Waals surface area contributed by atoms with Crippen LogP contribution in [0.5, 0.6) is 0 Å². The van der Waals surface area contributed by atoms with Crippen molar-refractivity contribution in [2.45, 2.75) is 12.8 Å². The molecule has 2 rings (SSSR count). The number of nitrogens with two attached hydrogens (primary N) is 1. The van der Waals surface area contributed by atoms with Crippen molar-refractivity contribution in [1.82, 2.24) is 0 Å². The summed E-state index contributed by atoms with van der Waals surface area (Å²) in [4.78, 5) is 4.25. The van der Waals surface area contributed by atoms with E-state index in [1.807, 2.05) is 24.4 Å². The van der Waals surface area contributed by atoms with Gasteiger partial charge in [-0.1, -0.05) is 0 Å². The molecule has 1 heterocycles. The van der Waals surface area contributed by atoms with E-state index in [9.17, 15) is 0 Å². The van der Waals surface area contributed by atoms with Gasteiger partial charge in [0, 0.05) is 11.9 Å². The Balaban J connectivity index is 2.53. The Hall–Kier alpha value is -1.31. The molecule has 2 nitrogen and oxygen atoms in total. The number of nitrogens with zero attached hydrogens (tertiary/aromatic N) is 1. The summed E-state index contributed by atoms with van der Waals surface area (Å²) in [5.74, 6) is 0. The minimum atomic E-state index is 0.834. The van der Waals surface area contributed by atoms with Crippen molar-refractivity contribution in [2.75, 3.05) is 5.73 Å². The van der Waals surface area contributed by atoms with Gasteiger partial charge in [0.25, 0.3) is 0 Å². The normalized spacial score (nSPS) is 14.5. The highest BCUT2D eigenvalue weighted by Gasteiger charge is 2.04. The molecule has 0 aromatic heterocycles. The van der Waals surface area contributed by atoms with E-state index in [2.05, 4.69) is 4.99 Å². The lowest BCUT2D eigenvalue weighted by atomic mass is 10.1. The molecule has 0 aliphatic carbocycles. The van der Waals surface area contributed by atoms with E-state index in [0.717, 1.165) is 24.2 Å². The van der Waals surface area contributed by atoms with Crippen molar-refractivity contribution >= 4 is 17.6 Å². The van der Waals surface area contributed by atoms with Crippen molar-refractivity contribution in [3.63, 3.8) is 0 Å². The molecule has 0 unspecified atom stereocenters. The van der Waals surface area contributed by atoms with Crippen molar-refractivity contribution in [1.29, 1.82) is 0 Å². The Bertz CT molecular complexity index is 302. The summed E-state index contributed by atoms with van der Waals surface area (Å²) in [6, 6.07) is 5.87. The van der Waals surface area contributed by atoms with Crippen LogP contribution in [0.4, 0.5) is 11.4 Å². The molecule has 0 amide bonds. The molecule has 0 atom stereocenters. The maximum absolute atomic E-state index is 5.63. The summed E-state index contributed by atoms with van der Waals surface area (Å²) in [7, 11) is 0. The van der Waals surface area contributed by atoms with E-state index in [0.29, 0.717) is 0 Å². The Morgan fingerprint density at radius 1 is 1.36 bits per heavy atom. The van der Waals surface area contributed by atoms with Crippen LogP contribution in [0.2, 0.25) is 0 Å². The van der Waals surface area contributed by atoms with Gasteiger partial charge >= 0.3 is 0 Å². The van der Waals surface area contributed by atoms with Crippen LogP contribution in [-0.2, 0) is 6.42 Å². The molecular weight excluding hydrogens is 136 g/mol. The standard InChI is InChI=1S/C9H10N2/c10-8-3-4-9-7(6-8)2-1-5-11-9/h3-6H,1-2,10H2. The smallest absolute Gasteiger partial charge is 0.0659 e. The fourth-order valence-electron chi connectivity index (χ4n) is 1.31. The number of anilines is 1. The summed E-state index contributed by atoms with van der Waals surface area (Å²) >= 11 is 0. The molecule has 0 spiro atoms. The van der Waals surface area contributed by atoms with Crippen LogP contribution in [-0.4, -0.2) is 6.21 Å². The zero-order valence-electron chi connectivity index (χ0n) is 6.25. The van der Waals surface area contributed by atoms with Gasteiger partial charge in [-0.05, 0) is 36.6 Å². The van der Waals surface area contributed by atoms with E-state index in [-0.39, 0.29) is 0 Å². The summed E-state index contributed by atoms with van der Waals surface area (Å²) in [5, 5.41) is 0. The van der Waals surface area contributed by atoms with E-state index >= 15 is 0 Å². The van der Waals surface area contributed by atoms with Gasteiger partial charge < -0.3 is 5.73 Å². The predicted octanol–water partition coefficient (Wildman–Crippen LogP) is 1.92. The highest BCUT2D eigenvalue weighted by molar-refractivity contribution is 5.70. The third-order valence-corrected chi connectivity index (χ3v) is 1.88. The van der Waals surface area contributed by atoms with E-state index in [1.165, 1.54) is 5.56 Å². The first-order valence-electron chi connectivity index (χ1n) is 3.77. The van der Waals surface area contributed by atoms with Gasteiger partial charge in [0.15, 0.2) is 0 Å². The monoisotopic (exact) mass is 146 g/mol. The van der Waals surface area contributed by atoms with Gasteiger partial charge in [0.2, 0.25) is 0 Å². The fraction of sp³-hybridized carbons (Fsp3) is 0.222. The van der Waals surface area contributed by atoms with Crippen molar-refractivity contribution < 1.29 is 0 Å². The summed E-state index contributed by atoms with van der Waals surface area (Å²) in [5.41, 5.74) is 8.81. The summed E-state index contributed by atoms with van der Waals surface area (Å²) < 4.78 is 0. The SMILES string of the molecule is Nc1ccc2c(c1)CCC=N2. The molecule has 56 valence electrons. The van der Waals surface area contributed by atoms with E-state index in [1.54, 1.807) is 0 Å². The van der Waals surface area contributed by atoms with Gasteiger partial charge in [-0.3, -0.25) is 4.99 Å². The highest BCUT2D eigenvalue weighted by atomic mass is 14.7. The zero-order chi connectivity index (χ0) is 7.68. The summed E-state index contributed by atoms with van der Waals surface area (Å²) in [6.07, 6.45) is 4.07. The number of hydrogen-bond acceptors (Lipinski definition) is 2. The topological polar surface area (TPSA) is 38.4 Å². The first kappa shape index (κ1) is 6.40.